The van der Waals surface area contributed by atoms with Crippen molar-refractivity contribution in [1.82, 2.24) is 0 Å². The molecule has 2 aliphatic rings. The Labute approximate surface area is 80.2 Å². The topological polar surface area (TPSA) is 17.1 Å². The molecule has 0 aromatic rings. The van der Waals surface area contributed by atoms with E-state index in [0.717, 1.165) is 6.42 Å². The molecule has 0 radical (unpaired) electrons. The van der Waals surface area contributed by atoms with Gasteiger partial charge in [-0.2, -0.15) is 0 Å². The number of hydrogen-bond acceptors (Lipinski definition) is 1. The van der Waals surface area contributed by atoms with Gasteiger partial charge >= 0.3 is 0 Å². The highest BCUT2D eigenvalue weighted by molar-refractivity contribution is 5.97. The molecule has 0 saturated heterocycles. The van der Waals surface area contributed by atoms with Crippen molar-refractivity contribution in [2.45, 2.75) is 40.5 Å². The zero-order valence-electron chi connectivity index (χ0n) is 8.98. The van der Waals surface area contributed by atoms with Crippen LogP contribution in [0, 0.1) is 16.7 Å². The van der Waals surface area contributed by atoms with Crippen molar-refractivity contribution in [3.63, 3.8) is 0 Å². The molecule has 0 aliphatic heterocycles. The lowest BCUT2D eigenvalue weighted by Crippen LogP contribution is -2.43. The summed E-state index contributed by atoms with van der Waals surface area (Å²) in [4.78, 5) is 11.9. The highest BCUT2D eigenvalue weighted by atomic mass is 16.1. The van der Waals surface area contributed by atoms with E-state index < -0.39 is 0 Å². The number of carbonyl (C=O) groups is 1. The SMILES string of the molecule is CC1=CC(=O)C2(C)CCC1C2(C)C. The number of rotatable bonds is 0. The van der Waals surface area contributed by atoms with E-state index in [-0.39, 0.29) is 10.8 Å². The zero-order chi connectivity index (χ0) is 9.85. The van der Waals surface area contributed by atoms with E-state index in [1.165, 1.54) is 12.0 Å². The second kappa shape index (κ2) is 2.26. The van der Waals surface area contributed by atoms with Crippen LogP contribution in [0.25, 0.3) is 0 Å². The molecule has 0 aromatic heterocycles. The quantitative estimate of drug-likeness (QED) is 0.557. The monoisotopic (exact) mass is 178 g/mol. The number of hydrogen-bond donors (Lipinski definition) is 0. The summed E-state index contributed by atoms with van der Waals surface area (Å²) < 4.78 is 0. The maximum Gasteiger partial charge on any atom is 0.162 e. The van der Waals surface area contributed by atoms with Crippen LogP contribution in [-0.4, -0.2) is 5.78 Å². The van der Waals surface area contributed by atoms with Crippen molar-refractivity contribution in [3.8, 4) is 0 Å². The molecular weight excluding hydrogens is 160 g/mol. The fourth-order valence-corrected chi connectivity index (χ4v) is 3.20. The molecule has 0 spiro atoms. The van der Waals surface area contributed by atoms with Gasteiger partial charge in [0.2, 0.25) is 0 Å². The van der Waals surface area contributed by atoms with Gasteiger partial charge in [-0.3, -0.25) is 4.79 Å². The molecule has 1 nitrogen and oxygen atoms in total. The van der Waals surface area contributed by atoms with Crippen LogP contribution >= 0.6 is 0 Å². The first-order chi connectivity index (χ1) is 5.89. The third kappa shape index (κ3) is 0.853. The number of allylic oxidation sites excluding steroid dienone is 2. The van der Waals surface area contributed by atoms with E-state index in [4.69, 9.17) is 0 Å². The largest absolute Gasteiger partial charge is 0.294 e. The molecule has 2 rings (SSSR count). The summed E-state index contributed by atoms with van der Waals surface area (Å²) in [5.41, 5.74) is 1.38. The van der Waals surface area contributed by atoms with Crippen LogP contribution in [0.3, 0.4) is 0 Å². The van der Waals surface area contributed by atoms with Gasteiger partial charge in [0.15, 0.2) is 5.78 Å². The molecule has 1 fully saturated rings. The standard InChI is InChI=1S/C12H18O/c1-8-7-10(13)12(4)6-5-9(8)11(12,2)3/h7,9H,5-6H2,1-4H3. The predicted molar refractivity (Wildman–Crippen MR) is 53.4 cm³/mol. The molecule has 0 heterocycles. The maximum absolute atomic E-state index is 11.9. The van der Waals surface area contributed by atoms with E-state index in [1.54, 1.807) is 0 Å². The Morgan fingerprint density at radius 1 is 1.38 bits per heavy atom. The Kier molecular flexibility index (Phi) is 1.56. The van der Waals surface area contributed by atoms with Crippen LogP contribution in [-0.2, 0) is 4.79 Å². The number of carbonyl (C=O) groups excluding carboxylic acids is 1. The summed E-state index contributed by atoms with van der Waals surface area (Å²) in [6.45, 7) is 8.74. The van der Waals surface area contributed by atoms with Gasteiger partial charge in [0.1, 0.15) is 0 Å². The minimum absolute atomic E-state index is 0.0861. The first-order valence-electron chi connectivity index (χ1n) is 5.12. The van der Waals surface area contributed by atoms with Crippen LogP contribution in [0.5, 0.6) is 0 Å². The van der Waals surface area contributed by atoms with Gasteiger partial charge in [-0.05, 0) is 37.2 Å². The average molecular weight is 178 g/mol. The normalized spacial score (nSPS) is 42.0. The van der Waals surface area contributed by atoms with Crippen molar-refractivity contribution < 1.29 is 4.79 Å². The lowest BCUT2D eigenvalue weighted by Gasteiger charge is -2.43. The Hall–Kier alpha value is -0.590. The molecule has 0 amide bonds. The Morgan fingerprint density at radius 2 is 2.00 bits per heavy atom. The van der Waals surface area contributed by atoms with E-state index in [2.05, 4.69) is 27.7 Å². The van der Waals surface area contributed by atoms with Gasteiger partial charge in [-0.1, -0.05) is 26.3 Å². The molecule has 0 aromatic carbocycles. The van der Waals surface area contributed by atoms with Crippen LogP contribution in [0.2, 0.25) is 0 Å². The summed E-state index contributed by atoms with van der Waals surface area (Å²) >= 11 is 0. The molecular formula is C12H18O. The number of ketones is 1. The molecule has 2 atom stereocenters. The van der Waals surface area contributed by atoms with Gasteiger partial charge < -0.3 is 0 Å². The van der Waals surface area contributed by atoms with Crippen LogP contribution in [0.15, 0.2) is 11.6 Å². The summed E-state index contributed by atoms with van der Waals surface area (Å²) in [6.07, 6.45) is 4.14. The van der Waals surface area contributed by atoms with Crippen molar-refractivity contribution in [1.29, 1.82) is 0 Å². The fraction of sp³-hybridized carbons (Fsp3) is 0.750. The predicted octanol–water partition coefficient (Wildman–Crippen LogP) is 2.96. The van der Waals surface area contributed by atoms with Crippen LogP contribution in [0.4, 0.5) is 0 Å². The fourth-order valence-electron chi connectivity index (χ4n) is 3.20. The second-order valence-corrected chi connectivity index (χ2v) is 5.40. The Balaban J connectivity index is 2.58. The van der Waals surface area contributed by atoms with Crippen LogP contribution in [0.1, 0.15) is 40.5 Å². The highest BCUT2D eigenvalue weighted by Gasteiger charge is 2.57. The van der Waals surface area contributed by atoms with Gasteiger partial charge in [0.25, 0.3) is 0 Å². The van der Waals surface area contributed by atoms with E-state index in [0.29, 0.717) is 11.7 Å². The maximum atomic E-state index is 11.9. The molecule has 13 heavy (non-hydrogen) atoms. The van der Waals surface area contributed by atoms with Crippen molar-refractivity contribution in [3.05, 3.63) is 11.6 Å². The molecule has 2 unspecified atom stereocenters. The smallest absolute Gasteiger partial charge is 0.162 e. The Morgan fingerprint density at radius 3 is 2.62 bits per heavy atom. The summed E-state index contributed by atoms with van der Waals surface area (Å²) in [5, 5.41) is 0. The second-order valence-electron chi connectivity index (χ2n) is 5.40. The van der Waals surface area contributed by atoms with E-state index >= 15 is 0 Å². The van der Waals surface area contributed by atoms with Gasteiger partial charge in [-0.25, -0.2) is 0 Å². The van der Waals surface area contributed by atoms with E-state index in [9.17, 15) is 4.79 Å². The molecule has 1 saturated carbocycles. The minimum Gasteiger partial charge on any atom is -0.294 e. The first kappa shape index (κ1) is 8.98. The summed E-state index contributed by atoms with van der Waals surface area (Å²) in [5.74, 6) is 0.985. The molecule has 0 N–H and O–H groups in total. The lowest BCUT2D eigenvalue weighted by molar-refractivity contribution is -0.129. The van der Waals surface area contributed by atoms with E-state index in [1.807, 2.05) is 6.08 Å². The summed E-state index contributed by atoms with van der Waals surface area (Å²) in [7, 11) is 0. The van der Waals surface area contributed by atoms with Crippen LogP contribution < -0.4 is 0 Å². The van der Waals surface area contributed by atoms with Gasteiger partial charge in [0, 0.05) is 5.41 Å². The minimum atomic E-state index is -0.0861. The molecule has 72 valence electrons. The van der Waals surface area contributed by atoms with Gasteiger partial charge in [0.05, 0.1) is 0 Å². The number of fused-ring (bicyclic) bond motifs is 2. The average Bonchev–Trinajstić information content (AvgIpc) is 2.16. The van der Waals surface area contributed by atoms with Crippen molar-refractivity contribution >= 4 is 5.78 Å². The van der Waals surface area contributed by atoms with Crippen molar-refractivity contribution in [2.24, 2.45) is 16.7 Å². The Bertz CT molecular complexity index is 298. The third-order valence-electron chi connectivity index (χ3n) is 4.68. The molecule has 1 heteroatoms. The first-order valence-corrected chi connectivity index (χ1v) is 5.12. The van der Waals surface area contributed by atoms with Gasteiger partial charge in [-0.15, -0.1) is 0 Å². The highest BCUT2D eigenvalue weighted by Crippen LogP contribution is 2.61. The molecule has 2 bridgehead atoms. The van der Waals surface area contributed by atoms with Crippen molar-refractivity contribution in [2.75, 3.05) is 0 Å². The summed E-state index contributed by atoms with van der Waals surface area (Å²) in [6, 6.07) is 0. The molecule has 2 aliphatic carbocycles. The third-order valence-corrected chi connectivity index (χ3v) is 4.68. The lowest BCUT2D eigenvalue weighted by atomic mass is 9.59. The zero-order valence-corrected chi connectivity index (χ0v) is 8.98.